The number of carboxylic acids is 1. The van der Waals surface area contributed by atoms with Gasteiger partial charge in [0, 0.05) is 12.5 Å². The molecule has 0 spiro atoms. The highest BCUT2D eigenvalue weighted by molar-refractivity contribution is 6.02. The van der Waals surface area contributed by atoms with Gasteiger partial charge in [0.25, 0.3) is 0 Å². The van der Waals surface area contributed by atoms with Crippen LogP contribution in [0.25, 0.3) is 11.1 Å². The van der Waals surface area contributed by atoms with Gasteiger partial charge in [-0.25, -0.2) is 9.59 Å². The van der Waals surface area contributed by atoms with Crippen molar-refractivity contribution in [3.8, 4) is 11.1 Å². The Labute approximate surface area is 203 Å². The van der Waals surface area contributed by atoms with Crippen molar-refractivity contribution in [2.45, 2.75) is 25.2 Å². The summed E-state index contributed by atoms with van der Waals surface area (Å²) >= 11 is 0. The SMILES string of the molecule is O=C(NCC1(C(=O)Nc2ccccc2C(=O)O)CCC1)OCC1c2ccccc2-c2ccccc21. The number of fused-ring (bicyclic) bond motifs is 3. The molecule has 0 bridgehead atoms. The van der Waals surface area contributed by atoms with Crippen molar-refractivity contribution in [2.24, 2.45) is 5.41 Å². The molecule has 0 atom stereocenters. The zero-order chi connectivity index (χ0) is 24.4. The standard InChI is InChI=1S/C28H26N2O5/c31-25(32)22-12-5-6-13-24(22)30-26(33)28(14-7-15-28)17-29-27(34)35-16-23-20-10-3-1-8-18(20)19-9-2-4-11-21(19)23/h1-6,8-13,23H,7,14-17H2,(H,29,34)(H,30,33)(H,31,32). The molecular formula is C28H26N2O5. The summed E-state index contributed by atoms with van der Waals surface area (Å²) < 4.78 is 5.59. The number of hydrogen-bond acceptors (Lipinski definition) is 4. The van der Waals surface area contributed by atoms with Gasteiger partial charge in [0.2, 0.25) is 5.91 Å². The predicted molar refractivity (Wildman–Crippen MR) is 131 cm³/mol. The van der Waals surface area contributed by atoms with Gasteiger partial charge in [0.1, 0.15) is 6.61 Å². The lowest BCUT2D eigenvalue weighted by Gasteiger charge is -2.40. The molecule has 3 aromatic rings. The number of hydrogen-bond donors (Lipinski definition) is 3. The van der Waals surface area contributed by atoms with Crippen LogP contribution in [0.2, 0.25) is 0 Å². The van der Waals surface area contributed by atoms with E-state index in [9.17, 15) is 19.5 Å². The Bertz CT molecular complexity index is 1250. The lowest BCUT2D eigenvalue weighted by atomic mass is 9.68. The molecule has 7 heteroatoms. The first-order chi connectivity index (χ1) is 17.0. The second-order valence-electron chi connectivity index (χ2n) is 9.12. The van der Waals surface area contributed by atoms with E-state index in [0.717, 1.165) is 28.7 Å². The molecule has 0 heterocycles. The van der Waals surface area contributed by atoms with Crippen LogP contribution in [0.3, 0.4) is 0 Å². The summed E-state index contributed by atoms with van der Waals surface area (Å²) in [4.78, 5) is 37.1. The van der Waals surface area contributed by atoms with Crippen molar-refractivity contribution in [2.75, 3.05) is 18.5 Å². The number of aromatic carboxylic acids is 1. The van der Waals surface area contributed by atoms with E-state index in [4.69, 9.17) is 4.74 Å². The maximum absolute atomic E-state index is 13.0. The molecule has 2 aliphatic carbocycles. The number of rotatable bonds is 7. The number of para-hydroxylation sites is 1. The van der Waals surface area contributed by atoms with Gasteiger partial charge in [-0.05, 0) is 47.2 Å². The average molecular weight is 471 g/mol. The number of ether oxygens (including phenoxy) is 1. The second kappa shape index (κ2) is 9.25. The summed E-state index contributed by atoms with van der Waals surface area (Å²) in [7, 11) is 0. The maximum atomic E-state index is 13.0. The summed E-state index contributed by atoms with van der Waals surface area (Å²) in [5.74, 6) is -1.45. The van der Waals surface area contributed by atoms with Gasteiger partial charge in [0.15, 0.2) is 0 Å². The second-order valence-corrected chi connectivity index (χ2v) is 9.12. The molecule has 1 fully saturated rings. The van der Waals surface area contributed by atoms with Gasteiger partial charge in [-0.1, -0.05) is 67.1 Å². The van der Waals surface area contributed by atoms with Gasteiger partial charge in [-0.15, -0.1) is 0 Å². The molecular weight excluding hydrogens is 444 g/mol. The number of amides is 2. The normalized spacial score (nSPS) is 15.3. The van der Waals surface area contributed by atoms with E-state index in [-0.39, 0.29) is 36.2 Å². The van der Waals surface area contributed by atoms with E-state index in [0.29, 0.717) is 12.8 Å². The molecule has 1 saturated carbocycles. The highest BCUT2D eigenvalue weighted by Crippen LogP contribution is 2.45. The number of carbonyl (C=O) groups is 3. The van der Waals surface area contributed by atoms with Crippen LogP contribution in [-0.2, 0) is 9.53 Å². The molecule has 0 aromatic heterocycles. The zero-order valence-corrected chi connectivity index (χ0v) is 19.1. The number of alkyl carbamates (subject to hydrolysis) is 1. The fourth-order valence-electron chi connectivity index (χ4n) is 5.01. The monoisotopic (exact) mass is 470 g/mol. The van der Waals surface area contributed by atoms with Crippen LogP contribution in [-0.4, -0.2) is 36.2 Å². The average Bonchev–Trinajstić information content (AvgIpc) is 3.16. The molecule has 0 aliphatic heterocycles. The largest absolute Gasteiger partial charge is 0.478 e. The Morgan fingerprint density at radius 2 is 1.49 bits per heavy atom. The Morgan fingerprint density at radius 1 is 0.886 bits per heavy atom. The Morgan fingerprint density at radius 3 is 2.09 bits per heavy atom. The summed E-state index contributed by atoms with van der Waals surface area (Å²) in [5, 5.41) is 14.9. The topological polar surface area (TPSA) is 105 Å². The minimum absolute atomic E-state index is 0.0276. The van der Waals surface area contributed by atoms with Gasteiger partial charge >= 0.3 is 12.1 Å². The van der Waals surface area contributed by atoms with Crippen molar-refractivity contribution < 1.29 is 24.2 Å². The van der Waals surface area contributed by atoms with Crippen LogP contribution in [0.5, 0.6) is 0 Å². The van der Waals surface area contributed by atoms with Gasteiger partial charge in [0.05, 0.1) is 16.7 Å². The Hall–Kier alpha value is -4.13. The van der Waals surface area contributed by atoms with Gasteiger partial charge < -0.3 is 20.5 Å². The number of carbonyl (C=O) groups excluding carboxylic acids is 2. The summed E-state index contributed by atoms with van der Waals surface area (Å²) in [6, 6.07) is 22.5. The van der Waals surface area contributed by atoms with E-state index in [2.05, 4.69) is 34.9 Å². The van der Waals surface area contributed by atoms with Crippen LogP contribution < -0.4 is 10.6 Å². The lowest BCUT2D eigenvalue weighted by molar-refractivity contribution is -0.129. The molecule has 5 rings (SSSR count). The molecule has 178 valence electrons. The third-order valence-corrected chi connectivity index (χ3v) is 7.11. The van der Waals surface area contributed by atoms with Crippen molar-refractivity contribution in [1.29, 1.82) is 0 Å². The molecule has 2 amide bonds. The van der Waals surface area contributed by atoms with Crippen LogP contribution in [0.4, 0.5) is 10.5 Å². The molecule has 7 nitrogen and oxygen atoms in total. The molecule has 0 radical (unpaired) electrons. The van der Waals surface area contributed by atoms with E-state index in [1.807, 2.05) is 24.3 Å². The van der Waals surface area contributed by atoms with E-state index >= 15 is 0 Å². The smallest absolute Gasteiger partial charge is 0.407 e. The fourth-order valence-corrected chi connectivity index (χ4v) is 5.01. The minimum atomic E-state index is -1.11. The van der Waals surface area contributed by atoms with Crippen LogP contribution in [0.1, 0.15) is 46.7 Å². The number of carboxylic acid groups (broad SMARTS) is 1. The number of anilines is 1. The van der Waals surface area contributed by atoms with Gasteiger partial charge in [-0.3, -0.25) is 4.79 Å². The van der Waals surface area contributed by atoms with E-state index < -0.39 is 17.5 Å². The minimum Gasteiger partial charge on any atom is -0.478 e. The Kier molecular flexibility index (Phi) is 5.99. The first-order valence-corrected chi connectivity index (χ1v) is 11.7. The summed E-state index contributed by atoms with van der Waals surface area (Å²) in [6.45, 7) is 0.329. The van der Waals surface area contributed by atoms with Crippen LogP contribution >= 0.6 is 0 Å². The third kappa shape index (κ3) is 4.25. The van der Waals surface area contributed by atoms with Gasteiger partial charge in [-0.2, -0.15) is 0 Å². The zero-order valence-electron chi connectivity index (χ0n) is 19.1. The summed E-state index contributed by atoms with van der Waals surface area (Å²) in [6.07, 6.45) is 1.51. The lowest BCUT2D eigenvalue weighted by Crippen LogP contribution is -2.50. The number of nitrogens with one attached hydrogen (secondary N) is 2. The van der Waals surface area contributed by atoms with Crippen LogP contribution in [0.15, 0.2) is 72.8 Å². The molecule has 3 N–H and O–H groups in total. The maximum Gasteiger partial charge on any atom is 0.407 e. The first kappa shape index (κ1) is 22.7. The third-order valence-electron chi connectivity index (χ3n) is 7.11. The molecule has 35 heavy (non-hydrogen) atoms. The molecule has 2 aliphatic rings. The van der Waals surface area contributed by atoms with E-state index in [1.165, 1.54) is 6.07 Å². The highest BCUT2D eigenvalue weighted by atomic mass is 16.5. The van der Waals surface area contributed by atoms with Crippen molar-refractivity contribution >= 4 is 23.7 Å². The molecule has 0 unspecified atom stereocenters. The summed E-state index contributed by atoms with van der Waals surface area (Å²) in [5.41, 5.74) is 4.07. The number of benzene rings is 3. The quantitative estimate of drug-likeness (QED) is 0.449. The molecule has 3 aromatic carbocycles. The highest BCUT2D eigenvalue weighted by Gasteiger charge is 2.44. The van der Waals surface area contributed by atoms with Crippen molar-refractivity contribution in [3.63, 3.8) is 0 Å². The predicted octanol–water partition coefficient (Wildman–Crippen LogP) is 5.03. The first-order valence-electron chi connectivity index (χ1n) is 11.7. The fraction of sp³-hybridized carbons (Fsp3) is 0.250. The van der Waals surface area contributed by atoms with Crippen molar-refractivity contribution in [1.82, 2.24) is 5.32 Å². The Balaban J connectivity index is 1.21. The van der Waals surface area contributed by atoms with E-state index in [1.54, 1.807) is 18.2 Å². The van der Waals surface area contributed by atoms with Crippen LogP contribution in [0, 0.1) is 5.41 Å². The van der Waals surface area contributed by atoms with Crippen molar-refractivity contribution in [3.05, 3.63) is 89.5 Å². The molecule has 0 saturated heterocycles.